The second kappa shape index (κ2) is 8.28. The van der Waals surface area contributed by atoms with Crippen molar-refractivity contribution in [1.29, 1.82) is 0 Å². The van der Waals surface area contributed by atoms with Crippen LogP contribution in [0.15, 0.2) is 24.8 Å². The molecule has 2 nitrogen and oxygen atoms in total. The first-order valence-corrected chi connectivity index (χ1v) is 9.45. The van der Waals surface area contributed by atoms with Crippen molar-refractivity contribution in [2.24, 2.45) is 11.8 Å². The zero-order valence-corrected chi connectivity index (χ0v) is 14.9. The van der Waals surface area contributed by atoms with Crippen molar-refractivity contribution in [2.75, 3.05) is 0 Å². The van der Waals surface area contributed by atoms with E-state index in [1.165, 1.54) is 6.08 Å². The second-order valence-electron chi connectivity index (χ2n) is 7.59. The minimum Gasteiger partial charge on any atom is -0.459 e. The Bertz CT molecular complexity index is 634. The number of benzene rings is 1. The number of carbonyl (C=O) groups is 1. The van der Waals surface area contributed by atoms with Gasteiger partial charge < -0.3 is 4.74 Å². The van der Waals surface area contributed by atoms with Crippen LogP contribution < -0.4 is 0 Å². The summed E-state index contributed by atoms with van der Waals surface area (Å²) >= 11 is 0. The summed E-state index contributed by atoms with van der Waals surface area (Å²) in [5.41, 5.74) is 0.569. The van der Waals surface area contributed by atoms with E-state index in [9.17, 15) is 18.0 Å². The highest BCUT2D eigenvalue weighted by atomic mass is 19.2. The summed E-state index contributed by atoms with van der Waals surface area (Å²) in [7, 11) is 0. The maximum absolute atomic E-state index is 13.5. The van der Waals surface area contributed by atoms with E-state index in [1.807, 2.05) is 0 Å². The highest BCUT2D eigenvalue weighted by Gasteiger charge is 2.32. The number of hydrogen-bond donors (Lipinski definition) is 0. The third-order valence-electron chi connectivity index (χ3n) is 6.08. The first-order valence-electron chi connectivity index (χ1n) is 9.45. The molecule has 0 amide bonds. The fraction of sp³-hybridized carbons (Fsp3) is 0.571. The zero-order chi connectivity index (χ0) is 18.7. The minimum atomic E-state index is -1.39. The minimum absolute atomic E-state index is 0.00162. The van der Waals surface area contributed by atoms with Crippen LogP contribution in [0.2, 0.25) is 0 Å². The van der Waals surface area contributed by atoms with Gasteiger partial charge in [0.05, 0.1) is 0 Å². The average Bonchev–Trinajstić information content (AvgIpc) is 2.66. The molecule has 5 heteroatoms. The Morgan fingerprint density at radius 1 is 0.923 bits per heavy atom. The van der Waals surface area contributed by atoms with Crippen LogP contribution in [0.5, 0.6) is 0 Å². The average molecular weight is 366 g/mol. The van der Waals surface area contributed by atoms with E-state index in [2.05, 4.69) is 6.58 Å². The van der Waals surface area contributed by atoms with Crippen LogP contribution in [0, 0.1) is 29.3 Å². The predicted octanol–water partition coefficient (Wildman–Crippen LogP) is 5.67. The molecule has 26 heavy (non-hydrogen) atoms. The van der Waals surface area contributed by atoms with Gasteiger partial charge in [-0.25, -0.2) is 18.0 Å². The Hall–Kier alpha value is -1.78. The molecule has 0 aliphatic heterocycles. The molecule has 0 bridgehead atoms. The number of hydrogen-bond acceptors (Lipinski definition) is 2. The summed E-state index contributed by atoms with van der Waals surface area (Å²) in [6.45, 7) is 3.42. The van der Waals surface area contributed by atoms with Gasteiger partial charge in [-0.2, -0.15) is 0 Å². The van der Waals surface area contributed by atoms with Crippen molar-refractivity contribution in [2.45, 2.75) is 63.4 Å². The van der Waals surface area contributed by atoms with Crippen LogP contribution in [0.25, 0.3) is 0 Å². The highest BCUT2D eigenvalue weighted by molar-refractivity contribution is 5.81. The van der Waals surface area contributed by atoms with Crippen molar-refractivity contribution in [1.82, 2.24) is 0 Å². The monoisotopic (exact) mass is 366 g/mol. The third-order valence-corrected chi connectivity index (χ3v) is 6.08. The number of halogens is 3. The number of ether oxygens (including phenoxy) is 1. The van der Waals surface area contributed by atoms with E-state index in [0.29, 0.717) is 17.4 Å². The van der Waals surface area contributed by atoms with Crippen LogP contribution in [0.3, 0.4) is 0 Å². The topological polar surface area (TPSA) is 26.3 Å². The third kappa shape index (κ3) is 4.30. The molecule has 2 saturated carbocycles. The number of carbonyl (C=O) groups excluding carboxylic acids is 1. The number of rotatable bonds is 4. The molecule has 0 aromatic heterocycles. The first-order chi connectivity index (χ1) is 12.5. The van der Waals surface area contributed by atoms with Gasteiger partial charge in [0, 0.05) is 6.08 Å². The van der Waals surface area contributed by atoms with Gasteiger partial charge in [-0.15, -0.1) is 0 Å². The molecule has 1 aromatic carbocycles. The maximum Gasteiger partial charge on any atom is 0.330 e. The summed E-state index contributed by atoms with van der Waals surface area (Å²) in [4.78, 5) is 11.3. The first kappa shape index (κ1) is 19.0. The molecule has 0 N–H and O–H groups in total. The largest absolute Gasteiger partial charge is 0.459 e. The van der Waals surface area contributed by atoms with Gasteiger partial charge in [0.2, 0.25) is 0 Å². The van der Waals surface area contributed by atoms with Gasteiger partial charge in [-0.1, -0.05) is 6.58 Å². The quantitative estimate of drug-likeness (QED) is 0.390. The fourth-order valence-corrected chi connectivity index (χ4v) is 4.63. The lowest BCUT2D eigenvalue weighted by atomic mass is 9.69. The molecule has 142 valence electrons. The van der Waals surface area contributed by atoms with Crippen LogP contribution >= 0.6 is 0 Å². The Kier molecular flexibility index (Phi) is 6.05. The molecule has 2 aliphatic rings. The Morgan fingerprint density at radius 2 is 1.42 bits per heavy atom. The number of esters is 1. The Balaban J connectivity index is 1.50. The zero-order valence-electron chi connectivity index (χ0n) is 14.9. The molecule has 1 aromatic rings. The molecular weight excluding hydrogens is 341 g/mol. The van der Waals surface area contributed by atoms with Gasteiger partial charge in [-0.05, 0) is 86.8 Å². The lowest BCUT2D eigenvalue weighted by molar-refractivity contribution is -0.145. The van der Waals surface area contributed by atoms with Crippen LogP contribution in [0.4, 0.5) is 13.2 Å². The molecule has 2 fully saturated rings. The SMILES string of the molecule is C=CC(=O)OC1CCC(C2CCC(c3cc(F)c(F)c(F)c3)CC2)CC1. The molecule has 0 heterocycles. The smallest absolute Gasteiger partial charge is 0.330 e. The Labute approximate surface area is 152 Å². The van der Waals surface area contributed by atoms with E-state index in [0.717, 1.165) is 63.5 Å². The van der Waals surface area contributed by atoms with Crippen LogP contribution in [0.1, 0.15) is 62.8 Å². The molecular formula is C21H25F3O2. The molecule has 0 atom stereocenters. The highest BCUT2D eigenvalue weighted by Crippen LogP contribution is 2.43. The standard InChI is InChI=1S/C21H25F3O2/c1-2-20(25)26-17-9-7-14(8-10-17)13-3-5-15(6-4-13)16-11-18(22)21(24)19(23)12-16/h2,11-15,17H,1,3-10H2. The van der Waals surface area contributed by atoms with Gasteiger partial charge >= 0.3 is 5.97 Å². The van der Waals surface area contributed by atoms with Crippen molar-refractivity contribution in [3.63, 3.8) is 0 Å². The van der Waals surface area contributed by atoms with Gasteiger partial charge in [0.1, 0.15) is 6.10 Å². The maximum atomic E-state index is 13.5. The van der Waals surface area contributed by atoms with Crippen LogP contribution in [-0.2, 0) is 9.53 Å². The second-order valence-corrected chi connectivity index (χ2v) is 7.59. The molecule has 0 saturated heterocycles. The normalized spacial score (nSPS) is 29.2. The molecule has 3 rings (SSSR count). The van der Waals surface area contributed by atoms with Crippen molar-refractivity contribution < 1.29 is 22.7 Å². The van der Waals surface area contributed by atoms with Gasteiger partial charge in [-0.3, -0.25) is 0 Å². The Morgan fingerprint density at radius 3 is 1.92 bits per heavy atom. The summed E-state index contributed by atoms with van der Waals surface area (Å²) < 4.78 is 45.4. The molecule has 0 spiro atoms. The fourth-order valence-electron chi connectivity index (χ4n) is 4.63. The van der Waals surface area contributed by atoms with Crippen molar-refractivity contribution in [3.8, 4) is 0 Å². The molecule has 0 radical (unpaired) electrons. The molecule has 2 aliphatic carbocycles. The van der Waals surface area contributed by atoms with E-state index in [1.54, 1.807) is 0 Å². The summed E-state index contributed by atoms with van der Waals surface area (Å²) in [6, 6.07) is 2.28. The van der Waals surface area contributed by atoms with Gasteiger partial charge in [0.25, 0.3) is 0 Å². The summed E-state index contributed by atoms with van der Waals surface area (Å²) in [5, 5.41) is 0. The van der Waals surface area contributed by atoms with E-state index in [4.69, 9.17) is 4.74 Å². The lowest BCUT2D eigenvalue weighted by Crippen LogP contribution is -2.29. The van der Waals surface area contributed by atoms with E-state index in [-0.39, 0.29) is 18.0 Å². The van der Waals surface area contributed by atoms with Crippen molar-refractivity contribution in [3.05, 3.63) is 47.8 Å². The summed E-state index contributed by atoms with van der Waals surface area (Å²) in [5.74, 6) is -2.62. The predicted molar refractivity (Wildman–Crippen MR) is 93.1 cm³/mol. The van der Waals surface area contributed by atoms with Crippen LogP contribution in [-0.4, -0.2) is 12.1 Å². The lowest BCUT2D eigenvalue weighted by Gasteiger charge is -2.37. The summed E-state index contributed by atoms with van der Waals surface area (Å²) in [6.07, 6.45) is 8.86. The van der Waals surface area contributed by atoms with Crippen molar-refractivity contribution >= 4 is 5.97 Å². The van der Waals surface area contributed by atoms with E-state index < -0.39 is 17.5 Å². The van der Waals surface area contributed by atoms with E-state index >= 15 is 0 Å². The molecule has 0 unspecified atom stereocenters. The van der Waals surface area contributed by atoms with Gasteiger partial charge in [0.15, 0.2) is 17.5 Å².